The van der Waals surface area contributed by atoms with E-state index in [0.717, 1.165) is 51.8 Å². The molecular formula is C27H29N5O2S. The average molecular weight is 488 g/mol. The number of aromatic nitrogens is 2. The summed E-state index contributed by atoms with van der Waals surface area (Å²) in [6, 6.07) is 14.2. The van der Waals surface area contributed by atoms with Gasteiger partial charge in [0.2, 0.25) is 5.91 Å². The highest BCUT2D eigenvalue weighted by atomic mass is 32.2. The van der Waals surface area contributed by atoms with Crippen LogP contribution < -0.4 is 14.7 Å². The van der Waals surface area contributed by atoms with Crippen LogP contribution in [0.25, 0.3) is 0 Å². The summed E-state index contributed by atoms with van der Waals surface area (Å²) in [5, 5.41) is 0. The van der Waals surface area contributed by atoms with Crippen LogP contribution in [0.4, 0.5) is 17.3 Å². The number of hydrogen-bond donors (Lipinski definition) is 0. The number of hydrogen-bond acceptors (Lipinski definition) is 6. The number of amides is 1. The number of carbonyl (C=O) groups excluding carboxylic acids is 1. The molecule has 180 valence electrons. The van der Waals surface area contributed by atoms with Crippen molar-refractivity contribution in [1.82, 2.24) is 9.97 Å². The molecule has 0 saturated heterocycles. The van der Waals surface area contributed by atoms with E-state index < -0.39 is 11.2 Å². The maximum absolute atomic E-state index is 12.9. The Hall–Kier alpha value is -3.10. The van der Waals surface area contributed by atoms with Gasteiger partial charge in [0.15, 0.2) is 10.7 Å². The normalized spacial score (nSPS) is 24.4. The SMILES string of the molecule is CC1C(=O)N(C)c2ccc(N3C(C)c4c(cccc4[S+](C)[O-])C3c3cccnc3)nc2N1C1CC1. The topological polar surface area (TPSA) is 75.6 Å². The lowest BCUT2D eigenvalue weighted by Crippen LogP contribution is -2.52. The van der Waals surface area contributed by atoms with Gasteiger partial charge in [0, 0.05) is 31.0 Å². The van der Waals surface area contributed by atoms with Crippen molar-refractivity contribution in [2.24, 2.45) is 0 Å². The Morgan fingerprint density at radius 1 is 1.03 bits per heavy atom. The van der Waals surface area contributed by atoms with Gasteiger partial charge in [0.05, 0.1) is 17.8 Å². The molecule has 2 aliphatic heterocycles. The lowest BCUT2D eigenvalue weighted by molar-refractivity contribution is -0.119. The molecule has 1 aromatic carbocycles. The molecule has 1 fully saturated rings. The van der Waals surface area contributed by atoms with E-state index in [2.05, 4.69) is 33.8 Å². The van der Waals surface area contributed by atoms with Gasteiger partial charge >= 0.3 is 0 Å². The summed E-state index contributed by atoms with van der Waals surface area (Å²) >= 11 is -1.11. The molecule has 35 heavy (non-hydrogen) atoms. The third-order valence-electron chi connectivity index (χ3n) is 7.57. The van der Waals surface area contributed by atoms with Crippen molar-refractivity contribution in [2.45, 2.75) is 55.8 Å². The molecule has 1 saturated carbocycles. The Kier molecular flexibility index (Phi) is 5.27. The Balaban J connectivity index is 1.53. The molecule has 0 radical (unpaired) electrons. The van der Waals surface area contributed by atoms with E-state index in [4.69, 9.17) is 4.98 Å². The highest BCUT2D eigenvalue weighted by Crippen LogP contribution is 2.51. The van der Waals surface area contributed by atoms with Crippen molar-refractivity contribution >= 4 is 34.4 Å². The number of pyridine rings is 2. The van der Waals surface area contributed by atoms with Gasteiger partial charge in [0.1, 0.15) is 18.1 Å². The highest BCUT2D eigenvalue weighted by molar-refractivity contribution is 7.90. The zero-order valence-corrected chi connectivity index (χ0v) is 21.2. The predicted molar refractivity (Wildman–Crippen MR) is 138 cm³/mol. The first-order valence-electron chi connectivity index (χ1n) is 12.1. The van der Waals surface area contributed by atoms with E-state index in [1.165, 1.54) is 0 Å². The molecule has 8 heteroatoms. The first-order chi connectivity index (χ1) is 16.9. The monoisotopic (exact) mass is 487 g/mol. The summed E-state index contributed by atoms with van der Waals surface area (Å²) in [6.07, 6.45) is 7.59. The first kappa shape index (κ1) is 22.4. The number of anilines is 3. The van der Waals surface area contributed by atoms with Crippen LogP contribution in [0, 0.1) is 0 Å². The second-order valence-electron chi connectivity index (χ2n) is 9.71. The minimum atomic E-state index is -1.11. The maximum Gasteiger partial charge on any atom is 0.249 e. The molecule has 1 aliphatic carbocycles. The third-order valence-corrected chi connectivity index (χ3v) is 8.55. The van der Waals surface area contributed by atoms with Gasteiger partial charge in [-0.2, -0.15) is 0 Å². The number of carbonyl (C=O) groups is 1. The van der Waals surface area contributed by atoms with Crippen molar-refractivity contribution in [3.05, 3.63) is 71.5 Å². The van der Waals surface area contributed by atoms with Gasteiger partial charge in [-0.25, -0.2) is 4.98 Å². The fraction of sp³-hybridized carbons (Fsp3) is 0.370. The largest absolute Gasteiger partial charge is 0.612 e. The molecule has 4 atom stereocenters. The Labute approximate surface area is 209 Å². The van der Waals surface area contributed by atoms with Gasteiger partial charge in [-0.15, -0.1) is 0 Å². The zero-order valence-electron chi connectivity index (χ0n) is 20.4. The molecule has 4 unspecified atom stereocenters. The zero-order chi connectivity index (χ0) is 24.4. The van der Waals surface area contributed by atoms with Crippen molar-refractivity contribution in [1.29, 1.82) is 0 Å². The van der Waals surface area contributed by atoms with Crippen LogP contribution >= 0.6 is 0 Å². The van der Waals surface area contributed by atoms with Crippen LogP contribution in [0.1, 0.15) is 55.5 Å². The predicted octanol–water partition coefficient (Wildman–Crippen LogP) is 4.22. The van der Waals surface area contributed by atoms with Crippen LogP contribution in [0.3, 0.4) is 0 Å². The number of likely N-dealkylation sites (N-methyl/N-ethyl adjacent to an activating group) is 1. The molecule has 0 spiro atoms. The first-order valence-corrected chi connectivity index (χ1v) is 13.7. The highest BCUT2D eigenvalue weighted by Gasteiger charge is 2.45. The van der Waals surface area contributed by atoms with Gasteiger partial charge in [-0.1, -0.05) is 18.2 Å². The van der Waals surface area contributed by atoms with Crippen molar-refractivity contribution in [3.8, 4) is 0 Å². The van der Waals surface area contributed by atoms with Crippen LogP contribution in [0.5, 0.6) is 0 Å². The van der Waals surface area contributed by atoms with Gasteiger partial charge in [0.25, 0.3) is 0 Å². The summed E-state index contributed by atoms with van der Waals surface area (Å²) in [4.78, 5) is 29.6. The minimum absolute atomic E-state index is 0.0318. The molecule has 0 bridgehead atoms. The molecule has 6 rings (SSSR count). The Morgan fingerprint density at radius 2 is 1.83 bits per heavy atom. The summed E-state index contributed by atoms with van der Waals surface area (Å²) in [5.41, 5.74) is 4.15. The number of rotatable bonds is 4. The second-order valence-corrected chi connectivity index (χ2v) is 11.1. The summed E-state index contributed by atoms with van der Waals surface area (Å²) in [6.45, 7) is 4.13. The Bertz CT molecular complexity index is 1300. The van der Waals surface area contributed by atoms with Crippen LogP contribution in [0.15, 0.2) is 59.8 Å². The number of benzene rings is 1. The molecule has 4 heterocycles. The summed E-state index contributed by atoms with van der Waals surface area (Å²) in [7, 11) is 1.83. The van der Waals surface area contributed by atoms with E-state index in [1.54, 1.807) is 17.4 Å². The lowest BCUT2D eigenvalue weighted by Gasteiger charge is -2.40. The van der Waals surface area contributed by atoms with Gasteiger partial charge < -0.3 is 19.3 Å². The molecule has 1 amide bonds. The fourth-order valence-electron chi connectivity index (χ4n) is 5.79. The number of fused-ring (bicyclic) bond motifs is 2. The molecular weight excluding hydrogens is 458 g/mol. The molecule has 2 aromatic heterocycles. The van der Waals surface area contributed by atoms with E-state index in [0.29, 0.717) is 6.04 Å². The fourth-order valence-corrected chi connectivity index (χ4v) is 6.66. The molecule has 3 aliphatic rings. The van der Waals surface area contributed by atoms with E-state index in [-0.39, 0.29) is 24.0 Å². The van der Waals surface area contributed by atoms with Crippen LogP contribution in [-0.2, 0) is 16.0 Å². The second kappa shape index (κ2) is 8.24. The Morgan fingerprint density at radius 3 is 2.51 bits per heavy atom. The van der Waals surface area contributed by atoms with Crippen LogP contribution in [-0.4, -0.2) is 45.8 Å². The summed E-state index contributed by atoms with van der Waals surface area (Å²) in [5.74, 6) is 1.81. The van der Waals surface area contributed by atoms with Crippen molar-refractivity contribution in [3.63, 3.8) is 0 Å². The molecule has 3 aromatic rings. The van der Waals surface area contributed by atoms with Gasteiger partial charge in [-0.05, 0) is 73.3 Å². The van der Waals surface area contributed by atoms with Crippen molar-refractivity contribution < 1.29 is 9.35 Å². The average Bonchev–Trinajstić information content (AvgIpc) is 3.66. The van der Waals surface area contributed by atoms with Crippen LogP contribution in [0.2, 0.25) is 0 Å². The smallest absolute Gasteiger partial charge is 0.249 e. The third kappa shape index (κ3) is 3.42. The van der Waals surface area contributed by atoms with E-state index in [9.17, 15) is 9.35 Å². The molecule has 0 N–H and O–H groups in total. The lowest BCUT2D eigenvalue weighted by atomic mass is 9.98. The van der Waals surface area contributed by atoms with E-state index >= 15 is 0 Å². The number of nitrogens with zero attached hydrogens (tertiary/aromatic N) is 5. The van der Waals surface area contributed by atoms with E-state index in [1.807, 2.05) is 50.5 Å². The summed E-state index contributed by atoms with van der Waals surface area (Å²) < 4.78 is 12.7. The van der Waals surface area contributed by atoms with Gasteiger partial charge in [-0.3, -0.25) is 9.78 Å². The maximum atomic E-state index is 12.9. The quantitative estimate of drug-likeness (QED) is 0.513. The standard InChI is InChI=1S/C27H29N5O2S/c1-16-24-20(8-5-9-22(24)35(4)34)25(18-7-6-14-28-15-18)32(16)23-13-12-21-26(29-23)31(19-10-11-19)17(2)27(33)30(21)3/h5-9,12-17,19,25H,10-11H2,1-4H3. The minimum Gasteiger partial charge on any atom is -0.612 e. The van der Waals surface area contributed by atoms with Crippen molar-refractivity contribution in [2.75, 3.05) is 28.0 Å². The molecule has 7 nitrogen and oxygen atoms in total.